The highest BCUT2D eigenvalue weighted by Crippen LogP contribution is 2.40. The summed E-state index contributed by atoms with van der Waals surface area (Å²) in [5.74, 6) is -1.59. The first-order valence-corrected chi connectivity index (χ1v) is 10.9. The summed E-state index contributed by atoms with van der Waals surface area (Å²) < 4.78 is 21.0. The molecule has 0 fully saturated rings. The van der Waals surface area contributed by atoms with Gasteiger partial charge in [0.25, 0.3) is 5.56 Å². The highest BCUT2D eigenvalue weighted by Gasteiger charge is 2.45. The Hall–Kier alpha value is -3.63. The number of hydrogen-bond acceptors (Lipinski definition) is 7. The lowest BCUT2D eigenvalue weighted by molar-refractivity contribution is -0.172. The molecule has 10 heteroatoms. The van der Waals surface area contributed by atoms with E-state index in [1.807, 2.05) is 0 Å². The molecule has 9 nitrogen and oxygen atoms in total. The second-order valence-electron chi connectivity index (χ2n) is 8.62. The molecule has 2 aliphatic heterocycles. The molecule has 2 aliphatic rings. The average Bonchev–Trinajstić information content (AvgIpc) is 3.19. The summed E-state index contributed by atoms with van der Waals surface area (Å²) in [6, 6.07) is 4.58. The number of esters is 1. The maximum atomic E-state index is 14.4. The van der Waals surface area contributed by atoms with E-state index >= 15 is 0 Å². The number of nitrogens with two attached hydrogens (primary N) is 1. The number of nitrogens with zero attached hydrogens (tertiary/aromatic N) is 2. The van der Waals surface area contributed by atoms with Crippen molar-refractivity contribution in [2.24, 2.45) is 5.73 Å². The van der Waals surface area contributed by atoms with Crippen molar-refractivity contribution in [2.45, 2.75) is 45.6 Å². The first kappa shape index (κ1) is 22.2. The monoisotopic (exact) mass is 466 g/mol. The maximum absolute atomic E-state index is 14.4. The first-order chi connectivity index (χ1) is 16.2. The highest BCUT2D eigenvalue weighted by atomic mass is 19.1. The van der Waals surface area contributed by atoms with Crippen LogP contribution in [0.2, 0.25) is 0 Å². The number of pyridine rings is 2. The third-order valence-corrected chi connectivity index (χ3v) is 6.73. The zero-order chi connectivity index (χ0) is 24.4. The van der Waals surface area contributed by atoms with Crippen molar-refractivity contribution in [1.82, 2.24) is 14.9 Å². The molecule has 1 amide bonds. The fraction of sp³-hybridized carbons (Fsp3) is 0.333. The van der Waals surface area contributed by atoms with E-state index in [0.29, 0.717) is 39.0 Å². The van der Waals surface area contributed by atoms with Crippen LogP contribution in [0, 0.1) is 12.7 Å². The van der Waals surface area contributed by atoms with E-state index in [-0.39, 0.29) is 49.7 Å². The summed E-state index contributed by atoms with van der Waals surface area (Å²) in [5.41, 5.74) is 6.54. The second-order valence-corrected chi connectivity index (χ2v) is 8.62. The van der Waals surface area contributed by atoms with Gasteiger partial charge in [-0.1, -0.05) is 6.92 Å². The summed E-state index contributed by atoms with van der Waals surface area (Å²) in [6.45, 7) is 3.14. The molecular weight excluding hydrogens is 443 g/mol. The van der Waals surface area contributed by atoms with E-state index < -0.39 is 22.9 Å². The molecule has 4 heterocycles. The largest absolute Gasteiger partial charge is 0.458 e. The molecule has 0 bridgehead atoms. The maximum Gasteiger partial charge on any atom is 0.343 e. The van der Waals surface area contributed by atoms with Crippen LogP contribution >= 0.6 is 0 Å². The molecule has 2 aromatic heterocycles. The molecule has 1 atom stereocenters. The van der Waals surface area contributed by atoms with Gasteiger partial charge in [-0.05, 0) is 36.6 Å². The van der Waals surface area contributed by atoms with Crippen molar-refractivity contribution in [1.29, 1.82) is 0 Å². The summed E-state index contributed by atoms with van der Waals surface area (Å²) in [5, 5.41) is 14.4. The number of fused-ring (bicyclic) bond motifs is 5. The minimum Gasteiger partial charge on any atom is -0.458 e. The predicted molar refractivity (Wildman–Crippen MR) is 120 cm³/mol. The molecule has 176 valence electrons. The molecule has 0 saturated heterocycles. The number of hydrogen-bond donors (Lipinski definition) is 3. The van der Waals surface area contributed by atoms with Crippen molar-refractivity contribution in [3.63, 3.8) is 0 Å². The Morgan fingerprint density at radius 3 is 2.79 bits per heavy atom. The topological polar surface area (TPSA) is 137 Å². The lowest BCUT2D eigenvalue weighted by Crippen LogP contribution is -2.44. The summed E-state index contributed by atoms with van der Waals surface area (Å²) in [7, 11) is 0. The average molecular weight is 466 g/mol. The number of aliphatic hydroxyl groups is 1. The van der Waals surface area contributed by atoms with E-state index in [9.17, 15) is 23.9 Å². The summed E-state index contributed by atoms with van der Waals surface area (Å²) >= 11 is 0. The zero-order valence-electron chi connectivity index (χ0n) is 18.7. The number of amides is 1. The van der Waals surface area contributed by atoms with Crippen molar-refractivity contribution in [3.05, 3.63) is 62.2 Å². The van der Waals surface area contributed by atoms with Crippen LogP contribution in [0.15, 0.2) is 23.0 Å². The standard InChI is InChI=1S/C24H23FN4O5/c1-3-24(33)16-5-19-21-14(9-29(19)22(31)15(16)10-34-23(24)32)13(8-27-20(30)7-26)12-4-11(2)17(25)6-18(12)28-21/h4-6,33H,3,7-10,26H2,1-2H3,(H,27,30). The number of benzene rings is 1. The van der Waals surface area contributed by atoms with Crippen LogP contribution in [0.3, 0.4) is 0 Å². The third-order valence-electron chi connectivity index (χ3n) is 6.73. The molecule has 0 saturated carbocycles. The molecule has 3 aromatic rings. The fourth-order valence-electron chi connectivity index (χ4n) is 4.75. The number of halogens is 1. The smallest absolute Gasteiger partial charge is 0.343 e. The van der Waals surface area contributed by atoms with Gasteiger partial charge in [0, 0.05) is 29.1 Å². The lowest BCUT2D eigenvalue weighted by atomic mass is 9.86. The zero-order valence-corrected chi connectivity index (χ0v) is 18.7. The van der Waals surface area contributed by atoms with E-state index in [0.717, 1.165) is 0 Å². The van der Waals surface area contributed by atoms with Gasteiger partial charge in [0.15, 0.2) is 5.60 Å². The van der Waals surface area contributed by atoms with Crippen LogP contribution in [0.5, 0.6) is 0 Å². The molecule has 0 aliphatic carbocycles. The molecule has 4 N–H and O–H groups in total. The number of aromatic nitrogens is 2. The molecular formula is C24H23FN4O5. The van der Waals surface area contributed by atoms with Crippen molar-refractivity contribution >= 4 is 22.8 Å². The van der Waals surface area contributed by atoms with Crippen LogP contribution in [-0.2, 0) is 39.6 Å². The first-order valence-electron chi connectivity index (χ1n) is 10.9. The Kier molecular flexibility index (Phi) is 5.03. The minimum atomic E-state index is -1.94. The molecule has 0 spiro atoms. The molecule has 34 heavy (non-hydrogen) atoms. The van der Waals surface area contributed by atoms with Gasteiger partial charge in [-0.2, -0.15) is 0 Å². The number of aryl methyl sites for hydroxylation is 1. The Morgan fingerprint density at radius 1 is 1.32 bits per heavy atom. The van der Waals surface area contributed by atoms with Crippen LogP contribution in [0.25, 0.3) is 22.3 Å². The van der Waals surface area contributed by atoms with Crippen molar-refractivity contribution in [3.8, 4) is 11.4 Å². The van der Waals surface area contributed by atoms with Crippen LogP contribution in [-0.4, -0.2) is 33.1 Å². The van der Waals surface area contributed by atoms with Gasteiger partial charge in [-0.3, -0.25) is 9.59 Å². The number of cyclic esters (lactones) is 1. The van der Waals surface area contributed by atoms with Crippen LogP contribution in [0.1, 0.15) is 41.2 Å². The predicted octanol–water partition coefficient (Wildman–Crippen LogP) is 1.10. The van der Waals surface area contributed by atoms with Gasteiger partial charge in [-0.25, -0.2) is 14.2 Å². The lowest BCUT2D eigenvalue weighted by Gasteiger charge is -2.31. The number of carbonyl (C=O) groups is 2. The quantitative estimate of drug-likeness (QED) is 0.383. The second kappa shape index (κ2) is 7.71. The minimum absolute atomic E-state index is 0.0284. The Bertz CT molecular complexity index is 1460. The Labute approximate surface area is 193 Å². The van der Waals surface area contributed by atoms with Gasteiger partial charge in [0.05, 0.1) is 35.6 Å². The van der Waals surface area contributed by atoms with Gasteiger partial charge in [-0.15, -0.1) is 0 Å². The van der Waals surface area contributed by atoms with Crippen molar-refractivity contribution in [2.75, 3.05) is 6.54 Å². The SMILES string of the molecule is CCC1(O)C(=O)OCc2c1cc1n(c2=O)Cc2c-1nc1cc(F)c(C)cc1c2CNC(=O)CN. The Balaban J connectivity index is 1.78. The van der Waals surface area contributed by atoms with E-state index in [4.69, 9.17) is 10.5 Å². The van der Waals surface area contributed by atoms with Crippen molar-refractivity contribution < 1.29 is 23.8 Å². The fourth-order valence-corrected chi connectivity index (χ4v) is 4.75. The number of carbonyl (C=O) groups excluding carboxylic acids is 2. The van der Waals surface area contributed by atoms with Crippen LogP contribution < -0.4 is 16.6 Å². The molecule has 1 unspecified atom stereocenters. The van der Waals surface area contributed by atoms with Gasteiger partial charge < -0.3 is 25.5 Å². The number of rotatable bonds is 4. The van der Waals surface area contributed by atoms with E-state index in [2.05, 4.69) is 10.3 Å². The number of nitrogens with one attached hydrogen (secondary N) is 1. The van der Waals surface area contributed by atoms with E-state index in [1.54, 1.807) is 26.0 Å². The molecule has 0 radical (unpaired) electrons. The molecule has 1 aromatic carbocycles. The van der Waals surface area contributed by atoms with Gasteiger partial charge in [0.1, 0.15) is 12.4 Å². The van der Waals surface area contributed by atoms with Crippen LogP contribution in [0.4, 0.5) is 4.39 Å². The third kappa shape index (κ3) is 3.06. The van der Waals surface area contributed by atoms with Gasteiger partial charge >= 0.3 is 5.97 Å². The number of ether oxygens (including phenoxy) is 1. The Morgan fingerprint density at radius 2 is 2.09 bits per heavy atom. The normalized spacial score (nSPS) is 18.3. The highest BCUT2D eigenvalue weighted by molar-refractivity contribution is 5.90. The van der Waals surface area contributed by atoms with Gasteiger partial charge in [0.2, 0.25) is 5.91 Å². The summed E-state index contributed by atoms with van der Waals surface area (Å²) in [6.07, 6.45) is 0.0284. The van der Waals surface area contributed by atoms with E-state index in [1.165, 1.54) is 10.6 Å². The summed E-state index contributed by atoms with van der Waals surface area (Å²) in [4.78, 5) is 42.3. The molecule has 5 rings (SSSR count).